The van der Waals surface area contributed by atoms with E-state index in [4.69, 9.17) is 14.4 Å². The number of fused-ring (bicyclic) bond motifs is 4. The molecule has 4 heterocycles. The third kappa shape index (κ3) is 6.17. The van der Waals surface area contributed by atoms with E-state index in [-0.39, 0.29) is 0 Å². The van der Waals surface area contributed by atoms with E-state index < -0.39 is 18.3 Å². The SMILES string of the molecule is CCCCCCCCn1c2cc(B3OC(C)(C)C(C)(C)O3)ccc2c2cccc(-c3ccc(-c4ccc(-c5ccncc5)cc4)c4snnc34)c21. The monoisotopic (exact) mass is 692 g/mol. The van der Waals surface area contributed by atoms with Gasteiger partial charge in [-0.1, -0.05) is 110 Å². The molecule has 4 aromatic carbocycles. The summed E-state index contributed by atoms with van der Waals surface area (Å²) in [6.07, 6.45) is 11.1. The second-order valence-corrected chi connectivity index (χ2v) is 15.7. The summed E-state index contributed by atoms with van der Waals surface area (Å²) in [7, 11) is -0.411. The van der Waals surface area contributed by atoms with Gasteiger partial charge in [0.1, 0.15) is 5.52 Å². The van der Waals surface area contributed by atoms with Gasteiger partial charge in [0.05, 0.1) is 21.4 Å². The summed E-state index contributed by atoms with van der Waals surface area (Å²) in [6, 6.07) is 30.8. The van der Waals surface area contributed by atoms with Crippen LogP contribution in [0.1, 0.15) is 73.1 Å². The summed E-state index contributed by atoms with van der Waals surface area (Å²) in [4.78, 5) is 4.17. The summed E-state index contributed by atoms with van der Waals surface area (Å²) >= 11 is 1.47. The first-order chi connectivity index (χ1) is 24.8. The first kappa shape index (κ1) is 33.8. The summed E-state index contributed by atoms with van der Waals surface area (Å²) in [6.45, 7) is 11.7. The Balaban J connectivity index is 1.23. The van der Waals surface area contributed by atoms with E-state index >= 15 is 0 Å². The van der Waals surface area contributed by atoms with Crippen LogP contribution in [0, 0.1) is 0 Å². The molecule has 8 rings (SSSR count). The van der Waals surface area contributed by atoms with Crippen molar-refractivity contribution < 1.29 is 9.31 Å². The number of aromatic nitrogens is 4. The zero-order valence-electron chi connectivity index (χ0n) is 30.3. The number of unbranched alkanes of at least 4 members (excludes halogenated alkanes) is 5. The fourth-order valence-corrected chi connectivity index (χ4v) is 8.22. The van der Waals surface area contributed by atoms with Crippen LogP contribution >= 0.6 is 11.5 Å². The smallest absolute Gasteiger partial charge is 0.399 e. The first-order valence-electron chi connectivity index (χ1n) is 18.4. The molecule has 1 aliphatic rings. The molecule has 51 heavy (non-hydrogen) atoms. The van der Waals surface area contributed by atoms with Crippen LogP contribution in [0.4, 0.5) is 0 Å². The number of para-hydroxylation sites is 1. The van der Waals surface area contributed by atoms with Crippen molar-refractivity contribution in [3.8, 4) is 33.4 Å². The number of hydrogen-bond donors (Lipinski definition) is 0. The molecule has 7 aromatic rings. The minimum atomic E-state index is -0.411. The maximum Gasteiger partial charge on any atom is 0.494 e. The summed E-state index contributed by atoms with van der Waals surface area (Å²) in [5.74, 6) is 0. The lowest BCUT2D eigenvalue weighted by molar-refractivity contribution is 0.00578. The highest BCUT2D eigenvalue weighted by Gasteiger charge is 2.51. The maximum atomic E-state index is 6.51. The quantitative estimate of drug-likeness (QED) is 0.0997. The largest absolute Gasteiger partial charge is 0.494 e. The van der Waals surface area contributed by atoms with E-state index in [0.717, 1.165) is 50.9 Å². The Morgan fingerprint density at radius 1 is 0.686 bits per heavy atom. The van der Waals surface area contributed by atoms with E-state index in [2.05, 4.69) is 121 Å². The molecule has 6 nitrogen and oxygen atoms in total. The number of rotatable bonds is 11. The highest BCUT2D eigenvalue weighted by Crippen LogP contribution is 2.42. The molecule has 1 aliphatic heterocycles. The average Bonchev–Trinajstić information content (AvgIpc) is 3.82. The molecule has 0 atom stereocenters. The standard InChI is InChI=1S/C43H45BN4O2S/c1-6-7-8-9-10-11-27-48-38-28-32(44-49-42(2,3)43(4,5)50-44)19-20-34(38)36-13-12-14-37(40(36)48)35-22-21-33(41-39(35)46-47-51-41)31-17-15-29(16-18-31)30-23-25-45-26-24-30/h12-26,28H,6-11,27H2,1-5H3. The molecule has 258 valence electrons. The summed E-state index contributed by atoms with van der Waals surface area (Å²) in [5.41, 5.74) is 10.6. The Morgan fingerprint density at radius 3 is 2.14 bits per heavy atom. The van der Waals surface area contributed by atoms with Gasteiger partial charge in [-0.15, -0.1) is 5.10 Å². The van der Waals surface area contributed by atoms with Crippen LogP contribution in [-0.2, 0) is 15.9 Å². The van der Waals surface area contributed by atoms with Gasteiger partial charge in [0, 0.05) is 51.9 Å². The predicted octanol–water partition coefficient (Wildman–Crippen LogP) is 10.9. The van der Waals surface area contributed by atoms with Crippen molar-refractivity contribution in [2.24, 2.45) is 0 Å². The molecule has 0 radical (unpaired) electrons. The van der Waals surface area contributed by atoms with Crippen molar-refractivity contribution in [1.82, 2.24) is 19.1 Å². The van der Waals surface area contributed by atoms with E-state index in [1.54, 1.807) is 0 Å². The second-order valence-electron chi connectivity index (χ2n) is 14.9. The minimum absolute atomic E-state index is 0.397. The van der Waals surface area contributed by atoms with Gasteiger partial charge in [-0.25, -0.2) is 0 Å². The van der Waals surface area contributed by atoms with Gasteiger partial charge in [0.25, 0.3) is 0 Å². The molecule has 0 unspecified atom stereocenters. The normalized spacial score (nSPS) is 15.4. The Hall–Kier alpha value is -4.37. The molecule has 0 bridgehead atoms. The lowest BCUT2D eigenvalue weighted by Crippen LogP contribution is -2.41. The van der Waals surface area contributed by atoms with Gasteiger partial charge >= 0.3 is 7.12 Å². The Labute approximate surface area is 305 Å². The summed E-state index contributed by atoms with van der Waals surface area (Å²) < 4.78 is 21.2. The molecule has 3 aromatic heterocycles. The number of benzene rings is 4. The lowest BCUT2D eigenvalue weighted by atomic mass is 9.79. The van der Waals surface area contributed by atoms with Crippen LogP contribution in [0.25, 0.3) is 65.4 Å². The van der Waals surface area contributed by atoms with Crippen molar-refractivity contribution in [2.75, 3.05) is 0 Å². The highest BCUT2D eigenvalue weighted by molar-refractivity contribution is 7.13. The van der Waals surface area contributed by atoms with Crippen LogP contribution in [0.2, 0.25) is 0 Å². The fourth-order valence-electron chi connectivity index (χ4n) is 7.49. The van der Waals surface area contributed by atoms with Gasteiger partial charge in [-0.05, 0) is 86.0 Å². The van der Waals surface area contributed by atoms with Crippen LogP contribution in [0.15, 0.2) is 97.3 Å². The third-order valence-corrected chi connectivity index (χ3v) is 11.8. The van der Waals surface area contributed by atoms with Crippen LogP contribution < -0.4 is 5.46 Å². The van der Waals surface area contributed by atoms with Gasteiger partial charge < -0.3 is 13.9 Å². The van der Waals surface area contributed by atoms with E-state index in [1.165, 1.54) is 76.6 Å². The van der Waals surface area contributed by atoms with Gasteiger partial charge in [-0.2, -0.15) is 0 Å². The second kappa shape index (κ2) is 13.6. The van der Waals surface area contributed by atoms with E-state index in [9.17, 15) is 0 Å². The molecule has 8 heteroatoms. The highest BCUT2D eigenvalue weighted by atomic mass is 32.1. The molecule has 1 saturated heterocycles. The van der Waals surface area contributed by atoms with Crippen molar-refractivity contribution >= 4 is 56.1 Å². The Morgan fingerprint density at radius 2 is 1.37 bits per heavy atom. The molecular formula is C43H45BN4O2S. The fraction of sp³-hybridized carbons (Fsp3) is 0.326. The minimum Gasteiger partial charge on any atom is -0.399 e. The Kier molecular flexibility index (Phi) is 9.03. The average molecular weight is 693 g/mol. The number of hydrogen-bond acceptors (Lipinski definition) is 6. The molecule has 0 N–H and O–H groups in total. The molecule has 0 saturated carbocycles. The van der Waals surface area contributed by atoms with Crippen molar-refractivity contribution in [2.45, 2.75) is 90.9 Å². The summed E-state index contributed by atoms with van der Waals surface area (Å²) in [5, 5.41) is 7.25. The van der Waals surface area contributed by atoms with Gasteiger partial charge in [0.15, 0.2) is 0 Å². The third-order valence-electron chi connectivity index (χ3n) is 11.1. The Bertz CT molecular complexity index is 2310. The lowest BCUT2D eigenvalue weighted by Gasteiger charge is -2.32. The number of aryl methyl sites for hydroxylation is 1. The molecule has 0 spiro atoms. The predicted molar refractivity (Wildman–Crippen MR) is 214 cm³/mol. The van der Waals surface area contributed by atoms with Gasteiger partial charge in [-0.3, -0.25) is 4.98 Å². The van der Waals surface area contributed by atoms with Crippen molar-refractivity contribution in [3.63, 3.8) is 0 Å². The zero-order valence-corrected chi connectivity index (χ0v) is 31.1. The molecule has 1 fully saturated rings. The first-order valence-corrected chi connectivity index (χ1v) is 19.2. The van der Waals surface area contributed by atoms with Crippen molar-refractivity contribution in [3.05, 3.63) is 97.3 Å². The number of pyridine rings is 1. The van der Waals surface area contributed by atoms with E-state index in [0.29, 0.717) is 0 Å². The van der Waals surface area contributed by atoms with E-state index in [1.807, 2.05) is 24.5 Å². The molecular weight excluding hydrogens is 647 g/mol. The molecule has 0 aliphatic carbocycles. The number of nitrogens with zero attached hydrogens (tertiary/aromatic N) is 4. The molecule has 0 amide bonds. The van der Waals surface area contributed by atoms with Crippen LogP contribution in [0.5, 0.6) is 0 Å². The van der Waals surface area contributed by atoms with Crippen LogP contribution in [-0.4, -0.2) is 37.5 Å². The topological polar surface area (TPSA) is 62.1 Å². The van der Waals surface area contributed by atoms with Crippen molar-refractivity contribution in [1.29, 1.82) is 0 Å². The van der Waals surface area contributed by atoms with Gasteiger partial charge in [0.2, 0.25) is 0 Å². The zero-order chi connectivity index (χ0) is 35.2. The van der Waals surface area contributed by atoms with Crippen LogP contribution in [0.3, 0.4) is 0 Å². The maximum absolute atomic E-state index is 6.51.